The van der Waals surface area contributed by atoms with Gasteiger partial charge in [0.25, 0.3) is 0 Å². The lowest BCUT2D eigenvalue weighted by molar-refractivity contribution is 0.188. The molecule has 2 aliphatic carbocycles. The van der Waals surface area contributed by atoms with Crippen LogP contribution in [0.5, 0.6) is 5.75 Å². The molecule has 0 aromatic heterocycles. The van der Waals surface area contributed by atoms with Crippen LogP contribution in [0.2, 0.25) is 0 Å². The van der Waals surface area contributed by atoms with Gasteiger partial charge in [-0.1, -0.05) is 18.6 Å². The van der Waals surface area contributed by atoms with Crippen molar-refractivity contribution in [3.05, 3.63) is 28.2 Å². The highest BCUT2D eigenvalue weighted by Crippen LogP contribution is 2.48. The Morgan fingerprint density at radius 3 is 2.83 bits per heavy atom. The number of aliphatic hydroxyl groups is 1. The van der Waals surface area contributed by atoms with Gasteiger partial charge in [-0.05, 0) is 59.0 Å². The van der Waals surface area contributed by atoms with Crippen LogP contribution in [0.15, 0.2) is 22.7 Å². The minimum absolute atomic E-state index is 0.0332. The molecular weight excluding hydrogens is 292 g/mol. The fraction of sp³-hybridized carbons (Fsp3) is 0.600. The van der Waals surface area contributed by atoms with Crippen molar-refractivity contribution in [2.45, 2.75) is 32.3 Å². The van der Waals surface area contributed by atoms with Gasteiger partial charge in [-0.2, -0.15) is 0 Å². The van der Waals surface area contributed by atoms with Gasteiger partial charge >= 0.3 is 0 Å². The van der Waals surface area contributed by atoms with Crippen molar-refractivity contribution >= 4 is 15.9 Å². The van der Waals surface area contributed by atoms with Crippen LogP contribution in [0.3, 0.4) is 0 Å². The molecule has 0 heterocycles. The topological polar surface area (TPSA) is 29.5 Å². The Morgan fingerprint density at radius 1 is 1.28 bits per heavy atom. The average molecular weight is 311 g/mol. The molecule has 1 N–H and O–H groups in total. The summed E-state index contributed by atoms with van der Waals surface area (Å²) in [5.74, 6) is 3.39. The highest BCUT2D eigenvalue weighted by molar-refractivity contribution is 9.10. The van der Waals surface area contributed by atoms with E-state index >= 15 is 0 Å². The van der Waals surface area contributed by atoms with Gasteiger partial charge in [0.2, 0.25) is 0 Å². The lowest BCUT2D eigenvalue weighted by atomic mass is 9.89. The number of benzene rings is 1. The summed E-state index contributed by atoms with van der Waals surface area (Å²) in [5, 5.41) is 9.34. The molecule has 3 rings (SSSR count). The SMILES string of the molecule is OCc1cccc(Br)c1OCC1CC2CCC1C2. The molecular formula is C15H19BrO2. The van der Waals surface area contributed by atoms with Crippen LogP contribution < -0.4 is 4.74 Å². The van der Waals surface area contributed by atoms with E-state index in [1.165, 1.54) is 25.7 Å². The van der Waals surface area contributed by atoms with Crippen LogP contribution in [0.4, 0.5) is 0 Å². The molecule has 3 unspecified atom stereocenters. The highest BCUT2D eigenvalue weighted by atomic mass is 79.9. The van der Waals surface area contributed by atoms with E-state index in [0.29, 0.717) is 0 Å². The Hall–Kier alpha value is -0.540. The van der Waals surface area contributed by atoms with Gasteiger partial charge < -0.3 is 9.84 Å². The number of ether oxygens (including phenoxy) is 1. The third-order valence-electron chi connectivity index (χ3n) is 4.55. The van der Waals surface area contributed by atoms with Crippen LogP contribution in [-0.2, 0) is 6.61 Å². The fourth-order valence-corrected chi connectivity index (χ4v) is 4.13. The first-order valence-corrected chi connectivity index (χ1v) is 7.58. The lowest BCUT2D eigenvalue weighted by Gasteiger charge is -2.22. The Kier molecular flexibility index (Phi) is 3.62. The molecule has 3 atom stereocenters. The Bertz CT molecular complexity index is 433. The van der Waals surface area contributed by atoms with Crippen LogP contribution in [-0.4, -0.2) is 11.7 Å². The van der Waals surface area contributed by atoms with Crippen LogP contribution in [0.25, 0.3) is 0 Å². The molecule has 1 aromatic carbocycles. The zero-order valence-electron chi connectivity index (χ0n) is 10.4. The smallest absolute Gasteiger partial charge is 0.138 e. The first kappa shape index (κ1) is 12.5. The number of halogens is 1. The van der Waals surface area contributed by atoms with E-state index in [2.05, 4.69) is 15.9 Å². The Morgan fingerprint density at radius 2 is 2.17 bits per heavy atom. The summed E-state index contributed by atoms with van der Waals surface area (Å²) >= 11 is 3.50. The predicted octanol–water partition coefficient (Wildman–Crippen LogP) is 3.76. The Balaban J connectivity index is 1.66. The van der Waals surface area contributed by atoms with Crippen molar-refractivity contribution in [1.29, 1.82) is 0 Å². The molecule has 98 valence electrons. The van der Waals surface area contributed by atoms with Crippen LogP contribution in [0, 0.1) is 17.8 Å². The first-order valence-electron chi connectivity index (χ1n) is 6.79. The van der Waals surface area contributed by atoms with Crippen molar-refractivity contribution in [2.24, 2.45) is 17.8 Å². The van der Waals surface area contributed by atoms with E-state index in [4.69, 9.17) is 4.74 Å². The molecule has 2 saturated carbocycles. The molecule has 2 aliphatic rings. The zero-order valence-corrected chi connectivity index (χ0v) is 12.0. The molecule has 0 aliphatic heterocycles. The molecule has 18 heavy (non-hydrogen) atoms. The fourth-order valence-electron chi connectivity index (χ4n) is 3.61. The summed E-state index contributed by atoms with van der Waals surface area (Å²) in [7, 11) is 0. The van der Waals surface area contributed by atoms with E-state index in [9.17, 15) is 5.11 Å². The van der Waals surface area contributed by atoms with Gasteiger partial charge in [-0.3, -0.25) is 0 Å². The summed E-state index contributed by atoms with van der Waals surface area (Å²) in [6.07, 6.45) is 5.57. The first-order chi connectivity index (χ1) is 8.78. The molecule has 0 spiro atoms. The van der Waals surface area contributed by atoms with Gasteiger partial charge in [0, 0.05) is 5.56 Å². The van der Waals surface area contributed by atoms with Gasteiger partial charge in [0.05, 0.1) is 17.7 Å². The summed E-state index contributed by atoms with van der Waals surface area (Å²) in [5.41, 5.74) is 0.868. The highest BCUT2D eigenvalue weighted by Gasteiger charge is 2.39. The molecule has 2 fully saturated rings. The van der Waals surface area contributed by atoms with E-state index in [-0.39, 0.29) is 6.61 Å². The number of hydrogen-bond donors (Lipinski definition) is 1. The second-order valence-electron chi connectivity index (χ2n) is 5.63. The standard InChI is InChI=1S/C15H19BrO2/c16-14-3-1-2-12(8-17)15(14)18-9-13-7-10-4-5-11(13)6-10/h1-3,10-11,13,17H,4-9H2. The number of rotatable bonds is 4. The van der Waals surface area contributed by atoms with Gasteiger partial charge in [-0.15, -0.1) is 0 Å². The van der Waals surface area contributed by atoms with E-state index in [1.54, 1.807) is 0 Å². The normalized spacial score (nSPS) is 29.8. The predicted molar refractivity (Wildman–Crippen MR) is 74.5 cm³/mol. The quantitative estimate of drug-likeness (QED) is 0.917. The lowest BCUT2D eigenvalue weighted by Crippen LogP contribution is -2.19. The average Bonchev–Trinajstić information content (AvgIpc) is 2.99. The van der Waals surface area contributed by atoms with Gasteiger partial charge in [0.1, 0.15) is 5.75 Å². The third-order valence-corrected chi connectivity index (χ3v) is 5.17. The molecule has 0 saturated heterocycles. The maximum atomic E-state index is 9.34. The van der Waals surface area contributed by atoms with E-state index in [1.807, 2.05) is 18.2 Å². The monoisotopic (exact) mass is 310 g/mol. The van der Waals surface area contributed by atoms with Gasteiger partial charge in [0.15, 0.2) is 0 Å². The van der Waals surface area contributed by atoms with Crippen molar-refractivity contribution < 1.29 is 9.84 Å². The minimum Gasteiger partial charge on any atom is -0.492 e. The Labute approximate surface area is 116 Å². The van der Waals surface area contributed by atoms with E-state index < -0.39 is 0 Å². The third kappa shape index (κ3) is 2.30. The number of hydrogen-bond acceptors (Lipinski definition) is 2. The van der Waals surface area contributed by atoms with Gasteiger partial charge in [-0.25, -0.2) is 0 Å². The summed E-state index contributed by atoms with van der Waals surface area (Å²) in [6.45, 7) is 0.836. The molecule has 0 amide bonds. The van der Waals surface area contributed by atoms with Crippen molar-refractivity contribution in [3.63, 3.8) is 0 Å². The van der Waals surface area contributed by atoms with E-state index in [0.717, 1.165) is 40.1 Å². The number of fused-ring (bicyclic) bond motifs is 2. The molecule has 1 aromatic rings. The summed E-state index contributed by atoms with van der Waals surface area (Å²) in [4.78, 5) is 0. The number of para-hydroxylation sites is 1. The maximum absolute atomic E-state index is 9.34. The minimum atomic E-state index is 0.0332. The summed E-state index contributed by atoms with van der Waals surface area (Å²) in [6, 6.07) is 5.82. The molecule has 0 radical (unpaired) electrons. The second kappa shape index (κ2) is 5.22. The van der Waals surface area contributed by atoms with Crippen LogP contribution in [0.1, 0.15) is 31.2 Å². The van der Waals surface area contributed by atoms with Crippen molar-refractivity contribution in [1.82, 2.24) is 0 Å². The zero-order chi connectivity index (χ0) is 12.5. The maximum Gasteiger partial charge on any atom is 0.138 e. The van der Waals surface area contributed by atoms with Crippen LogP contribution >= 0.6 is 15.9 Å². The summed E-state index contributed by atoms with van der Waals surface area (Å²) < 4.78 is 6.93. The molecule has 2 nitrogen and oxygen atoms in total. The second-order valence-corrected chi connectivity index (χ2v) is 6.49. The largest absolute Gasteiger partial charge is 0.492 e. The molecule has 3 heteroatoms. The number of aliphatic hydroxyl groups excluding tert-OH is 1. The van der Waals surface area contributed by atoms with Crippen molar-refractivity contribution in [2.75, 3.05) is 6.61 Å². The molecule has 2 bridgehead atoms. The van der Waals surface area contributed by atoms with Crippen molar-refractivity contribution in [3.8, 4) is 5.75 Å².